The zero-order valence-corrected chi connectivity index (χ0v) is 13.3. The van der Waals surface area contributed by atoms with E-state index >= 15 is 0 Å². The number of carbonyl (C=O) groups is 1. The summed E-state index contributed by atoms with van der Waals surface area (Å²) in [5.41, 5.74) is 1.10. The number of nitrogens with one attached hydrogen (secondary N) is 1. The van der Waals surface area contributed by atoms with Crippen LogP contribution < -0.4 is 5.32 Å². The van der Waals surface area contributed by atoms with E-state index in [1.54, 1.807) is 0 Å². The van der Waals surface area contributed by atoms with Gasteiger partial charge in [-0.3, -0.25) is 5.32 Å². The van der Waals surface area contributed by atoms with Gasteiger partial charge in [-0.25, -0.2) is 9.78 Å². The van der Waals surface area contributed by atoms with E-state index in [0.29, 0.717) is 5.92 Å². The Labute approximate surface area is 129 Å². The molecule has 1 aromatic rings. The van der Waals surface area contributed by atoms with Crippen LogP contribution in [0.2, 0.25) is 0 Å². The summed E-state index contributed by atoms with van der Waals surface area (Å²) in [6.07, 6.45) is 4.25. The molecule has 0 radical (unpaired) electrons. The number of ether oxygens (including phenoxy) is 1. The van der Waals surface area contributed by atoms with Crippen molar-refractivity contribution in [2.45, 2.75) is 38.5 Å². The number of carbonyl (C=O) groups excluding carboxylic acids is 1. The van der Waals surface area contributed by atoms with Gasteiger partial charge in [-0.1, -0.05) is 6.92 Å². The zero-order chi connectivity index (χ0) is 14.7. The lowest BCUT2D eigenvalue weighted by molar-refractivity contribution is 0.0846. The summed E-state index contributed by atoms with van der Waals surface area (Å²) in [6, 6.07) is -0.00484. The summed E-state index contributed by atoms with van der Waals surface area (Å²) in [5.74, 6) is 1.21. The molecule has 2 saturated heterocycles. The third-order valence-corrected chi connectivity index (χ3v) is 5.22. The number of thiazole rings is 1. The van der Waals surface area contributed by atoms with Gasteiger partial charge in [0.15, 0.2) is 5.13 Å². The van der Waals surface area contributed by atoms with Crippen LogP contribution in [0.1, 0.15) is 44.2 Å². The number of rotatable bonds is 2. The maximum Gasteiger partial charge on any atom is 0.323 e. The first-order valence-electron chi connectivity index (χ1n) is 7.81. The van der Waals surface area contributed by atoms with Gasteiger partial charge in [0.2, 0.25) is 0 Å². The highest BCUT2D eigenvalue weighted by Gasteiger charge is 2.22. The van der Waals surface area contributed by atoms with Gasteiger partial charge in [0.1, 0.15) is 0 Å². The average Bonchev–Trinajstić information content (AvgIpc) is 2.97. The van der Waals surface area contributed by atoms with Gasteiger partial charge in [0, 0.05) is 37.6 Å². The number of anilines is 1. The summed E-state index contributed by atoms with van der Waals surface area (Å²) in [7, 11) is 0. The number of hydrogen-bond donors (Lipinski definition) is 1. The second-order valence-corrected chi connectivity index (χ2v) is 6.92. The van der Waals surface area contributed by atoms with E-state index in [1.165, 1.54) is 11.3 Å². The van der Waals surface area contributed by atoms with Gasteiger partial charge in [0.05, 0.1) is 5.69 Å². The molecule has 2 aliphatic rings. The number of aromatic nitrogens is 1. The first kappa shape index (κ1) is 14.8. The van der Waals surface area contributed by atoms with E-state index < -0.39 is 0 Å². The lowest BCUT2D eigenvalue weighted by Gasteiger charge is -2.29. The van der Waals surface area contributed by atoms with Crippen molar-refractivity contribution >= 4 is 22.5 Å². The van der Waals surface area contributed by atoms with E-state index in [1.807, 2.05) is 4.90 Å². The Hall–Kier alpha value is -1.14. The number of likely N-dealkylation sites (tertiary alicyclic amines) is 1. The van der Waals surface area contributed by atoms with Crippen molar-refractivity contribution < 1.29 is 9.53 Å². The normalized spacial score (nSPS) is 21.5. The van der Waals surface area contributed by atoms with Crippen LogP contribution in [-0.4, -0.2) is 42.2 Å². The van der Waals surface area contributed by atoms with Crippen molar-refractivity contribution in [3.63, 3.8) is 0 Å². The third kappa shape index (κ3) is 3.74. The van der Waals surface area contributed by atoms with Crippen LogP contribution in [0.15, 0.2) is 5.38 Å². The lowest BCUT2D eigenvalue weighted by Crippen LogP contribution is -2.40. The minimum absolute atomic E-state index is 0.00484. The molecule has 21 heavy (non-hydrogen) atoms. The molecule has 1 N–H and O–H groups in total. The van der Waals surface area contributed by atoms with E-state index in [0.717, 1.165) is 68.7 Å². The van der Waals surface area contributed by atoms with Crippen LogP contribution in [0.25, 0.3) is 0 Å². The fourth-order valence-electron chi connectivity index (χ4n) is 2.91. The summed E-state index contributed by atoms with van der Waals surface area (Å²) >= 11 is 1.53. The smallest absolute Gasteiger partial charge is 0.323 e. The number of hydrogen-bond acceptors (Lipinski definition) is 4. The number of urea groups is 1. The van der Waals surface area contributed by atoms with Crippen molar-refractivity contribution in [1.82, 2.24) is 9.88 Å². The van der Waals surface area contributed by atoms with Gasteiger partial charge in [-0.15, -0.1) is 11.3 Å². The van der Waals surface area contributed by atoms with Crippen LogP contribution in [0.4, 0.5) is 9.93 Å². The third-order valence-electron chi connectivity index (χ3n) is 4.45. The highest BCUT2D eigenvalue weighted by molar-refractivity contribution is 7.13. The summed E-state index contributed by atoms with van der Waals surface area (Å²) < 4.78 is 5.38. The van der Waals surface area contributed by atoms with Crippen molar-refractivity contribution in [2.24, 2.45) is 5.92 Å². The van der Waals surface area contributed by atoms with Crippen LogP contribution in [0.5, 0.6) is 0 Å². The SMILES string of the molecule is CC1CCN(C(=O)Nc2nc(C3CCOCC3)cs2)CC1. The average molecular weight is 309 g/mol. The standard InChI is InChI=1S/C15H23N3O2S/c1-11-2-6-18(7-3-11)15(19)17-14-16-13(10-21-14)12-4-8-20-9-5-12/h10-12H,2-9H2,1H3,(H,16,17,19). The van der Waals surface area contributed by atoms with E-state index in [9.17, 15) is 4.79 Å². The second-order valence-electron chi connectivity index (χ2n) is 6.06. The molecule has 0 spiro atoms. The minimum Gasteiger partial charge on any atom is -0.381 e. The molecule has 1 aromatic heterocycles. The fraction of sp³-hybridized carbons (Fsp3) is 0.733. The molecule has 3 heterocycles. The number of piperidine rings is 1. The molecule has 2 amide bonds. The Bertz CT molecular complexity index is 477. The summed E-state index contributed by atoms with van der Waals surface area (Å²) in [6.45, 7) is 5.58. The highest BCUT2D eigenvalue weighted by atomic mass is 32.1. The lowest BCUT2D eigenvalue weighted by atomic mass is 9.98. The Morgan fingerprint density at radius 2 is 2.05 bits per heavy atom. The van der Waals surface area contributed by atoms with E-state index in [-0.39, 0.29) is 6.03 Å². The molecule has 5 nitrogen and oxygen atoms in total. The molecule has 0 bridgehead atoms. The molecule has 0 saturated carbocycles. The number of nitrogens with zero attached hydrogens (tertiary/aromatic N) is 2. The second kappa shape index (κ2) is 6.75. The van der Waals surface area contributed by atoms with Crippen LogP contribution in [0.3, 0.4) is 0 Å². The Morgan fingerprint density at radius 3 is 2.76 bits per heavy atom. The molecule has 0 aromatic carbocycles. The van der Waals surface area contributed by atoms with Crippen LogP contribution >= 0.6 is 11.3 Å². The molecular formula is C15H23N3O2S. The van der Waals surface area contributed by atoms with Crippen molar-refractivity contribution in [3.8, 4) is 0 Å². The summed E-state index contributed by atoms with van der Waals surface area (Å²) in [5, 5.41) is 5.74. The molecule has 116 valence electrons. The predicted molar refractivity (Wildman–Crippen MR) is 83.9 cm³/mol. The van der Waals surface area contributed by atoms with Gasteiger partial charge >= 0.3 is 6.03 Å². The molecule has 6 heteroatoms. The molecule has 0 atom stereocenters. The molecular weight excluding hydrogens is 286 g/mol. The topological polar surface area (TPSA) is 54.5 Å². The molecule has 0 aliphatic carbocycles. The van der Waals surface area contributed by atoms with Crippen molar-refractivity contribution in [2.75, 3.05) is 31.6 Å². The maximum absolute atomic E-state index is 12.2. The molecule has 0 unspecified atom stereocenters. The largest absolute Gasteiger partial charge is 0.381 e. The van der Waals surface area contributed by atoms with Crippen molar-refractivity contribution in [1.29, 1.82) is 0 Å². The maximum atomic E-state index is 12.2. The van der Waals surface area contributed by atoms with Crippen molar-refractivity contribution in [3.05, 3.63) is 11.1 Å². The zero-order valence-electron chi connectivity index (χ0n) is 12.5. The first-order valence-corrected chi connectivity index (χ1v) is 8.69. The molecule has 2 fully saturated rings. The minimum atomic E-state index is -0.00484. The number of amides is 2. The summed E-state index contributed by atoms with van der Waals surface area (Å²) in [4.78, 5) is 18.7. The Kier molecular flexibility index (Phi) is 4.75. The van der Waals surface area contributed by atoms with Gasteiger partial charge in [-0.05, 0) is 31.6 Å². The van der Waals surface area contributed by atoms with Crippen LogP contribution in [0, 0.1) is 5.92 Å². The van der Waals surface area contributed by atoms with Gasteiger partial charge < -0.3 is 9.64 Å². The van der Waals surface area contributed by atoms with E-state index in [4.69, 9.17) is 4.74 Å². The fourth-order valence-corrected chi connectivity index (χ4v) is 3.69. The Balaban J connectivity index is 1.55. The van der Waals surface area contributed by atoms with Gasteiger partial charge in [-0.2, -0.15) is 0 Å². The van der Waals surface area contributed by atoms with Gasteiger partial charge in [0.25, 0.3) is 0 Å². The monoisotopic (exact) mass is 309 g/mol. The highest BCUT2D eigenvalue weighted by Crippen LogP contribution is 2.29. The quantitative estimate of drug-likeness (QED) is 0.912. The van der Waals surface area contributed by atoms with E-state index in [2.05, 4.69) is 22.6 Å². The molecule has 2 aliphatic heterocycles. The van der Waals surface area contributed by atoms with Crippen LogP contribution in [-0.2, 0) is 4.74 Å². The predicted octanol–water partition coefficient (Wildman–Crippen LogP) is 3.30. The Morgan fingerprint density at radius 1 is 1.33 bits per heavy atom. The molecule has 3 rings (SSSR count). The first-order chi connectivity index (χ1) is 10.2.